The van der Waals surface area contributed by atoms with Crippen LogP contribution in [0, 0.1) is 17.8 Å². The standard InChI is InChI=1S/C17H30O4/c1-5-20-17(19)9-7-14(18)11-21-16-10-13(4)6-8-15(16)12(2)3/h12-13,15-16H,5-11H2,1-4H3. The van der Waals surface area contributed by atoms with Gasteiger partial charge in [-0.05, 0) is 37.5 Å². The summed E-state index contributed by atoms with van der Waals surface area (Å²) in [5.41, 5.74) is 0. The van der Waals surface area contributed by atoms with Gasteiger partial charge in [-0.1, -0.05) is 27.2 Å². The van der Waals surface area contributed by atoms with Gasteiger partial charge >= 0.3 is 5.97 Å². The molecular weight excluding hydrogens is 268 g/mol. The lowest BCUT2D eigenvalue weighted by Crippen LogP contribution is -2.35. The minimum Gasteiger partial charge on any atom is -0.466 e. The van der Waals surface area contributed by atoms with Gasteiger partial charge in [-0.3, -0.25) is 9.59 Å². The van der Waals surface area contributed by atoms with Crippen molar-refractivity contribution in [2.75, 3.05) is 13.2 Å². The van der Waals surface area contributed by atoms with Crippen molar-refractivity contribution in [3.63, 3.8) is 0 Å². The molecular formula is C17H30O4. The number of rotatable bonds is 8. The van der Waals surface area contributed by atoms with Gasteiger partial charge in [-0.25, -0.2) is 0 Å². The molecule has 0 bridgehead atoms. The van der Waals surface area contributed by atoms with Crippen molar-refractivity contribution in [3.8, 4) is 0 Å². The summed E-state index contributed by atoms with van der Waals surface area (Å²) in [5.74, 6) is 1.47. The Morgan fingerprint density at radius 3 is 2.52 bits per heavy atom. The zero-order chi connectivity index (χ0) is 15.8. The van der Waals surface area contributed by atoms with Crippen LogP contribution in [0.3, 0.4) is 0 Å². The fourth-order valence-electron chi connectivity index (χ4n) is 3.05. The van der Waals surface area contributed by atoms with E-state index in [0.717, 1.165) is 6.42 Å². The lowest BCUT2D eigenvalue weighted by molar-refractivity contribution is -0.145. The van der Waals surface area contributed by atoms with Gasteiger partial charge < -0.3 is 9.47 Å². The van der Waals surface area contributed by atoms with Gasteiger partial charge in [0.25, 0.3) is 0 Å². The van der Waals surface area contributed by atoms with E-state index in [-0.39, 0.29) is 37.3 Å². The maximum atomic E-state index is 11.8. The lowest BCUT2D eigenvalue weighted by atomic mass is 9.75. The van der Waals surface area contributed by atoms with Crippen molar-refractivity contribution in [1.29, 1.82) is 0 Å². The summed E-state index contributed by atoms with van der Waals surface area (Å²) in [7, 11) is 0. The van der Waals surface area contributed by atoms with Crippen LogP contribution in [-0.4, -0.2) is 31.1 Å². The number of hydrogen-bond acceptors (Lipinski definition) is 4. The molecule has 0 aromatic heterocycles. The summed E-state index contributed by atoms with van der Waals surface area (Å²) in [5, 5.41) is 0. The van der Waals surface area contributed by atoms with Gasteiger partial charge in [0.05, 0.1) is 19.1 Å². The number of Topliss-reactive ketones (excluding diaryl/α,β-unsaturated/α-hetero) is 1. The third-order valence-corrected chi connectivity index (χ3v) is 4.33. The molecule has 1 saturated carbocycles. The molecule has 1 fully saturated rings. The first-order chi connectivity index (χ1) is 9.93. The Labute approximate surface area is 128 Å². The van der Waals surface area contributed by atoms with Crippen LogP contribution in [0.1, 0.15) is 59.8 Å². The SMILES string of the molecule is CCOC(=O)CCC(=O)COC1CC(C)CCC1C(C)C. The van der Waals surface area contributed by atoms with Crippen LogP contribution in [0.4, 0.5) is 0 Å². The maximum Gasteiger partial charge on any atom is 0.306 e. The number of ether oxygens (including phenoxy) is 2. The first kappa shape index (κ1) is 18.1. The Hall–Kier alpha value is -0.900. The summed E-state index contributed by atoms with van der Waals surface area (Å²) in [6, 6.07) is 0. The molecule has 0 radical (unpaired) electrons. The minimum atomic E-state index is -0.308. The molecule has 0 spiro atoms. The second-order valence-electron chi connectivity index (χ2n) is 6.52. The molecule has 3 unspecified atom stereocenters. The fourth-order valence-corrected chi connectivity index (χ4v) is 3.05. The average Bonchev–Trinajstić information content (AvgIpc) is 2.43. The number of hydrogen-bond donors (Lipinski definition) is 0. The van der Waals surface area contributed by atoms with E-state index in [1.165, 1.54) is 12.8 Å². The molecule has 0 aromatic carbocycles. The van der Waals surface area contributed by atoms with E-state index in [4.69, 9.17) is 9.47 Å². The highest BCUT2D eigenvalue weighted by molar-refractivity contribution is 5.83. The third-order valence-electron chi connectivity index (χ3n) is 4.33. The fraction of sp³-hybridized carbons (Fsp3) is 0.882. The quantitative estimate of drug-likeness (QED) is 0.645. The van der Waals surface area contributed by atoms with Gasteiger partial charge in [-0.2, -0.15) is 0 Å². The van der Waals surface area contributed by atoms with Gasteiger partial charge in [-0.15, -0.1) is 0 Å². The van der Waals surface area contributed by atoms with E-state index < -0.39 is 0 Å². The Bertz CT molecular complexity index is 338. The molecule has 0 aliphatic heterocycles. The van der Waals surface area contributed by atoms with Gasteiger partial charge in [0.1, 0.15) is 6.61 Å². The maximum absolute atomic E-state index is 11.8. The highest BCUT2D eigenvalue weighted by Gasteiger charge is 2.31. The van der Waals surface area contributed by atoms with E-state index in [1.54, 1.807) is 6.92 Å². The normalized spacial score (nSPS) is 25.9. The number of esters is 1. The molecule has 0 aromatic rings. The van der Waals surface area contributed by atoms with Crippen LogP contribution in [0.2, 0.25) is 0 Å². The van der Waals surface area contributed by atoms with Crippen molar-refractivity contribution >= 4 is 11.8 Å². The second-order valence-corrected chi connectivity index (χ2v) is 6.52. The van der Waals surface area contributed by atoms with Crippen molar-refractivity contribution < 1.29 is 19.1 Å². The molecule has 1 aliphatic rings. The zero-order valence-electron chi connectivity index (χ0n) is 13.9. The predicted molar refractivity (Wildman–Crippen MR) is 82.0 cm³/mol. The van der Waals surface area contributed by atoms with E-state index in [2.05, 4.69) is 20.8 Å². The van der Waals surface area contributed by atoms with Crippen LogP contribution in [-0.2, 0) is 19.1 Å². The van der Waals surface area contributed by atoms with Crippen molar-refractivity contribution in [2.24, 2.45) is 17.8 Å². The monoisotopic (exact) mass is 298 g/mol. The highest BCUT2D eigenvalue weighted by Crippen LogP contribution is 2.35. The van der Waals surface area contributed by atoms with Gasteiger partial charge in [0.2, 0.25) is 0 Å². The largest absolute Gasteiger partial charge is 0.466 e. The lowest BCUT2D eigenvalue weighted by Gasteiger charge is -2.37. The van der Waals surface area contributed by atoms with Crippen LogP contribution in [0.5, 0.6) is 0 Å². The topological polar surface area (TPSA) is 52.6 Å². The smallest absolute Gasteiger partial charge is 0.306 e. The molecule has 4 nitrogen and oxygen atoms in total. The average molecular weight is 298 g/mol. The van der Waals surface area contributed by atoms with E-state index in [0.29, 0.717) is 24.4 Å². The van der Waals surface area contributed by atoms with Gasteiger partial charge in [0, 0.05) is 6.42 Å². The molecule has 1 rings (SSSR count). The Morgan fingerprint density at radius 2 is 1.90 bits per heavy atom. The molecule has 0 saturated heterocycles. The molecule has 1 aliphatic carbocycles. The molecule has 0 amide bonds. The predicted octanol–water partition coefficient (Wildman–Crippen LogP) is 3.38. The molecule has 21 heavy (non-hydrogen) atoms. The first-order valence-corrected chi connectivity index (χ1v) is 8.22. The molecule has 122 valence electrons. The van der Waals surface area contributed by atoms with E-state index in [9.17, 15) is 9.59 Å². The molecule has 3 atom stereocenters. The van der Waals surface area contributed by atoms with Crippen LogP contribution >= 0.6 is 0 Å². The third kappa shape index (κ3) is 6.60. The Kier molecular flexibility index (Phi) is 7.94. The minimum absolute atomic E-state index is 0.0104. The first-order valence-electron chi connectivity index (χ1n) is 8.22. The summed E-state index contributed by atoms with van der Waals surface area (Å²) in [6.45, 7) is 8.94. The number of carbonyl (C=O) groups excluding carboxylic acids is 2. The molecule has 0 heterocycles. The molecule has 0 N–H and O–H groups in total. The molecule has 4 heteroatoms. The Balaban J connectivity index is 2.34. The van der Waals surface area contributed by atoms with Crippen LogP contribution in [0.15, 0.2) is 0 Å². The van der Waals surface area contributed by atoms with E-state index in [1.807, 2.05) is 0 Å². The highest BCUT2D eigenvalue weighted by atomic mass is 16.5. The van der Waals surface area contributed by atoms with Crippen molar-refractivity contribution in [2.45, 2.75) is 65.9 Å². The number of ketones is 1. The number of carbonyl (C=O) groups is 2. The summed E-state index contributed by atoms with van der Waals surface area (Å²) in [4.78, 5) is 23.0. The van der Waals surface area contributed by atoms with Gasteiger partial charge in [0.15, 0.2) is 5.78 Å². The zero-order valence-corrected chi connectivity index (χ0v) is 13.9. The van der Waals surface area contributed by atoms with Crippen molar-refractivity contribution in [1.82, 2.24) is 0 Å². The van der Waals surface area contributed by atoms with Crippen LogP contribution in [0.25, 0.3) is 0 Å². The second kappa shape index (κ2) is 9.19. The van der Waals surface area contributed by atoms with E-state index >= 15 is 0 Å². The Morgan fingerprint density at radius 1 is 1.19 bits per heavy atom. The summed E-state index contributed by atoms with van der Waals surface area (Å²) in [6.07, 6.45) is 4.02. The van der Waals surface area contributed by atoms with Crippen molar-refractivity contribution in [3.05, 3.63) is 0 Å². The summed E-state index contributed by atoms with van der Waals surface area (Å²) < 4.78 is 10.7. The van der Waals surface area contributed by atoms with Crippen LogP contribution < -0.4 is 0 Å². The summed E-state index contributed by atoms with van der Waals surface area (Å²) >= 11 is 0.